The van der Waals surface area contributed by atoms with Crippen molar-refractivity contribution in [3.8, 4) is 22.8 Å². The van der Waals surface area contributed by atoms with Crippen LogP contribution in [0.5, 0.6) is 5.75 Å². The number of piperidine rings is 1. The molecule has 33 heavy (non-hydrogen) atoms. The fraction of sp³-hybridized carbons (Fsp3) is 0.522. The molecule has 10 heteroatoms. The van der Waals surface area contributed by atoms with Crippen LogP contribution in [0.1, 0.15) is 40.5 Å². The molecule has 10 nitrogen and oxygen atoms in total. The highest BCUT2D eigenvalue weighted by atomic mass is 16.7. The van der Waals surface area contributed by atoms with E-state index >= 15 is 0 Å². The van der Waals surface area contributed by atoms with Gasteiger partial charge >= 0.3 is 0 Å². The summed E-state index contributed by atoms with van der Waals surface area (Å²) in [6.45, 7) is 9.06. The number of aromatic nitrogens is 6. The number of nitrogens with one attached hydrogen (secondary N) is 1. The van der Waals surface area contributed by atoms with Gasteiger partial charge in [0, 0.05) is 37.3 Å². The number of methoxy groups -OCH3 is 1. The molecule has 1 N–H and O–H groups in total. The minimum Gasteiger partial charge on any atom is -0.467 e. The first kappa shape index (κ1) is 23.1. The van der Waals surface area contributed by atoms with E-state index in [1.807, 2.05) is 18.2 Å². The molecule has 0 aliphatic carbocycles. The van der Waals surface area contributed by atoms with Crippen molar-refractivity contribution in [2.75, 3.05) is 25.9 Å². The van der Waals surface area contributed by atoms with Crippen LogP contribution in [0, 0.1) is 0 Å². The third-order valence-electron chi connectivity index (χ3n) is 5.82. The van der Waals surface area contributed by atoms with Crippen molar-refractivity contribution >= 4 is 5.82 Å². The van der Waals surface area contributed by atoms with Gasteiger partial charge in [-0.05, 0) is 52.7 Å². The van der Waals surface area contributed by atoms with E-state index in [1.54, 1.807) is 25.7 Å². The number of benzene rings is 1. The molecule has 1 aromatic carbocycles. The zero-order valence-electron chi connectivity index (χ0n) is 20.1. The number of hydrogen-bond acceptors (Lipinski definition) is 9. The molecule has 3 heterocycles. The Morgan fingerprint density at radius 2 is 1.79 bits per heavy atom. The van der Waals surface area contributed by atoms with Gasteiger partial charge in [0.25, 0.3) is 0 Å². The minimum absolute atomic E-state index is 0.0419. The Morgan fingerprint density at radius 1 is 1.09 bits per heavy atom. The van der Waals surface area contributed by atoms with Crippen LogP contribution in [0.15, 0.2) is 36.8 Å². The quantitative estimate of drug-likeness (QED) is 0.542. The zero-order valence-corrected chi connectivity index (χ0v) is 20.1. The Bertz CT molecular complexity index is 1050. The number of anilines is 1. The van der Waals surface area contributed by atoms with Gasteiger partial charge in [-0.3, -0.25) is 0 Å². The van der Waals surface area contributed by atoms with Crippen LogP contribution in [0.2, 0.25) is 0 Å². The average molecular weight is 453 g/mol. The molecule has 0 atom stereocenters. The molecule has 0 saturated carbocycles. The highest BCUT2D eigenvalue weighted by Gasteiger charge is 2.39. The average Bonchev–Trinajstić information content (AvgIpc) is 3.30. The number of ether oxygens (including phenoxy) is 2. The lowest BCUT2D eigenvalue weighted by atomic mass is 9.79. The predicted octanol–water partition coefficient (Wildman–Crippen LogP) is 2.85. The Morgan fingerprint density at radius 3 is 2.39 bits per heavy atom. The third-order valence-corrected chi connectivity index (χ3v) is 5.82. The summed E-state index contributed by atoms with van der Waals surface area (Å²) in [6, 6.07) is 5.93. The summed E-state index contributed by atoms with van der Waals surface area (Å²) >= 11 is 0. The molecule has 0 radical (unpaired) electrons. The van der Waals surface area contributed by atoms with Crippen LogP contribution in [0.4, 0.5) is 5.82 Å². The zero-order chi connectivity index (χ0) is 23.6. The summed E-state index contributed by atoms with van der Waals surface area (Å²) in [4.78, 5) is 8.31. The lowest BCUT2D eigenvalue weighted by Gasteiger charge is -2.49. The van der Waals surface area contributed by atoms with Crippen LogP contribution in [0.3, 0.4) is 0 Å². The molecule has 0 spiro atoms. The molecule has 0 bridgehead atoms. The molecule has 1 aliphatic heterocycles. The van der Waals surface area contributed by atoms with Gasteiger partial charge in [-0.25, -0.2) is 4.98 Å². The van der Waals surface area contributed by atoms with E-state index in [0.717, 1.165) is 24.3 Å². The Hall–Kier alpha value is -3.11. The molecule has 1 saturated heterocycles. The molecule has 176 valence electrons. The monoisotopic (exact) mass is 452 g/mol. The molecule has 0 amide bonds. The van der Waals surface area contributed by atoms with E-state index < -0.39 is 0 Å². The normalized spacial score (nSPS) is 17.6. The van der Waals surface area contributed by atoms with Crippen molar-refractivity contribution in [3.05, 3.63) is 36.8 Å². The van der Waals surface area contributed by atoms with Gasteiger partial charge < -0.3 is 19.7 Å². The van der Waals surface area contributed by atoms with Crippen molar-refractivity contribution in [1.82, 2.24) is 35.5 Å². The van der Waals surface area contributed by atoms with Crippen molar-refractivity contribution in [2.45, 2.75) is 57.7 Å². The van der Waals surface area contributed by atoms with E-state index in [9.17, 15) is 0 Å². The van der Waals surface area contributed by atoms with Crippen LogP contribution < -0.4 is 15.0 Å². The third kappa shape index (κ3) is 5.28. The maximum absolute atomic E-state index is 5.78. The summed E-state index contributed by atoms with van der Waals surface area (Å²) in [5.74, 6) is 1.79. The van der Waals surface area contributed by atoms with Crippen molar-refractivity contribution < 1.29 is 9.47 Å². The van der Waals surface area contributed by atoms with Gasteiger partial charge in [-0.15, -0.1) is 10.2 Å². The van der Waals surface area contributed by atoms with Gasteiger partial charge in [-0.2, -0.15) is 15.0 Å². The molecule has 4 rings (SSSR count). The Kier molecular flexibility index (Phi) is 6.31. The van der Waals surface area contributed by atoms with Crippen LogP contribution in [-0.4, -0.2) is 68.2 Å². The van der Waals surface area contributed by atoms with E-state index in [4.69, 9.17) is 9.47 Å². The number of rotatable bonds is 7. The standard InChI is InChI=1S/C23H32N8O2/c1-22(2)12-17(13-23(3,4)29-22)30(5)20-14-24-21(28-27-20)18-8-7-16(31-25-9-10-26-31)11-19(18)33-15-32-6/h7-11,14,17,29H,12-13,15H2,1-6H3. The molecule has 1 aliphatic rings. The first-order chi connectivity index (χ1) is 15.7. The summed E-state index contributed by atoms with van der Waals surface area (Å²) in [5.41, 5.74) is 1.56. The number of hydrogen-bond donors (Lipinski definition) is 1. The van der Waals surface area contributed by atoms with Crippen LogP contribution in [-0.2, 0) is 4.74 Å². The lowest BCUT2D eigenvalue weighted by Crippen LogP contribution is -2.62. The molecule has 2 aromatic heterocycles. The first-order valence-electron chi connectivity index (χ1n) is 11.0. The van der Waals surface area contributed by atoms with E-state index in [2.05, 4.69) is 70.3 Å². The summed E-state index contributed by atoms with van der Waals surface area (Å²) < 4.78 is 10.9. The molecule has 0 unspecified atom stereocenters. The van der Waals surface area contributed by atoms with Crippen LogP contribution >= 0.6 is 0 Å². The molecule has 1 fully saturated rings. The minimum atomic E-state index is 0.0419. The van der Waals surface area contributed by atoms with Crippen molar-refractivity contribution in [1.29, 1.82) is 0 Å². The first-order valence-corrected chi connectivity index (χ1v) is 11.0. The van der Waals surface area contributed by atoms with E-state index in [1.165, 1.54) is 4.80 Å². The summed E-state index contributed by atoms with van der Waals surface area (Å²) in [7, 11) is 3.64. The fourth-order valence-electron chi connectivity index (χ4n) is 4.69. The van der Waals surface area contributed by atoms with Gasteiger partial charge in [0.1, 0.15) is 5.75 Å². The van der Waals surface area contributed by atoms with Crippen molar-refractivity contribution in [3.63, 3.8) is 0 Å². The van der Waals surface area contributed by atoms with E-state index in [0.29, 0.717) is 23.2 Å². The van der Waals surface area contributed by atoms with E-state index in [-0.39, 0.29) is 17.9 Å². The second kappa shape index (κ2) is 9.03. The largest absolute Gasteiger partial charge is 0.467 e. The van der Waals surface area contributed by atoms with Crippen LogP contribution in [0.25, 0.3) is 17.1 Å². The lowest BCUT2D eigenvalue weighted by molar-refractivity contribution is 0.0515. The fourth-order valence-corrected chi connectivity index (χ4v) is 4.69. The highest BCUT2D eigenvalue weighted by molar-refractivity contribution is 5.66. The second-order valence-electron chi connectivity index (χ2n) is 9.76. The SMILES string of the molecule is COCOc1cc(-n2nccn2)ccc1-c1ncc(N(C)C2CC(C)(C)NC(C)(C)C2)nn1. The Balaban J connectivity index is 1.58. The summed E-state index contributed by atoms with van der Waals surface area (Å²) in [5, 5.41) is 21.0. The number of nitrogens with zero attached hydrogens (tertiary/aromatic N) is 7. The van der Waals surface area contributed by atoms with Gasteiger partial charge in [0.05, 0.1) is 29.8 Å². The smallest absolute Gasteiger partial charge is 0.188 e. The maximum Gasteiger partial charge on any atom is 0.188 e. The van der Waals surface area contributed by atoms with Crippen molar-refractivity contribution in [2.24, 2.45) is 0 Å². The molecular formula is C23H32N8O2. The molecule has 3 aromatic rings. The van der Waals surface area contributed by atoms with Gasteiger partial charge in [0.2, 0.25) is 0 Å². The highest BCUT2D eigenvalue weighted by Crippen LogP contribution is 2.33. The van der Waals surface area contributed by atoms with Gasteiger partial charge in [-0.1, -0.05) is 0 Å². The molecular weight excluding hydrogens is 420 g/mol. The Labute approximate surface area is 194 Å². The predicted molar refractivity (Wildman–Crippen MR) is 125 cm³/mol. The summed E-state index contributed by atoms with van der Waals surface area (Å²) in [6.07, 6.45) is 7.03. The van der Waals surface area contributed by atoms with Gasteiger partial charge in [0.15, 0.2) is 18.4 Å². The maximum atomic E-state index is 5.78. The topological polar surface area (TPSA) is 103 Å². The second-order valence-corrected chi connectivity index (χ2v) is 9.76.